The third-order valence-corrected chi connectivity index (χ3v) is 1.75. The summed E-state index contributed by atoms with van der Waals surface area (Å²) in [6.45, 7) is 0.830. The summed E-state index contributed by atoms with van der Waals surface area (Å²) in [6, 6.07) is 10.1. The molecule has 1 aliphatic heterocycles. The zero-order valence-corrected chi connectivity index (χ0v) is 6.70. The summed E-state index contributed by atoms with van der Waals surface area (Å²) in [6.07, 6.45) is 4.10. The van der Waals surface area contributed by atoms with Gasteiger partial charge in [0, 0.05) is 5.56 Å². The SMILES string of the molecule is C1=CC(c2ccccc2)=NNC1. The van der Waals surface area contributed by atoms with Gasteiger partial charge in [-0.2, -0.15) is 5.10 Å². The first-order valence-corrected chi connectivity index (χ1v) is 3.99. The summed E-state index contributed by atoms with van der Waals surface area (Å²) in [5, 5.41) is 4.18. The number of benzene rings is 1. The molecule has 0 aliphatic carbocycles. The lowest BCUT2D eigenvalue weighted by molar-refractivity contribution is 0.817. The smallest absolute Gasteiger partial charge is 0.0899 e. The van der Waals surface area contributed by atoms with E-state index in [0.29, 0.717) is 0 Å². The van der Waals surface area contributed by atoms with Crippen LogP contribution in [0.2, 0.25) is 0 Å². The Morgan fingerprint density at radius 3 is 2.67 bits per heavy atom. The normalized spacial score (nSPS) is 15.2. The van der Waals surface area contributed by atoms with Gasteiger partial charge in [-0.05, 0) is 6.08 Å². The minimum Gasteiger partial charge on any atom is -0.306 e. The highest BCUT2D eigenvalue weighted by Crippen LogP contribution is 2.03. The third-order valence-electron chi connectivity index (χ3n) is 1.75. The van der Waals surface area contributed by atoms with Crippen LogP contribution < -0.4 is 5.43 Å². The van der Waals surface area contributed by atoms with Crippen molar-refractivity contribution in [2.45, 2.75) is 0 Å². The Bertz CT molecular complexity index is 312. The molecule has 0 saturated heterocycles. The molecule has 0 radical (unpaired) electrons. The lowest BCUT2D eigenvalue weighted by Gasteiger charge is -2.06. The predicted octanol–water partition coefficient (Wildman–Crippen LogP) is 1.55. The molecule has 1 aromatic carbocycles. The third kappa shape index (κ3) is 1.37. The van der Waals surface area contributed by atoms with Gasteiger partial charge in [0.2, 0.25) is 0 Å². The van der Waals surface area contributed by atoms with Gasteiger partial charge in [-0.15, -0.1) is 0 Å². The Balaban J connectivity index is 2.31. The topological polar surface area (TPSA) is 24.4 Å². The molecule has 1 heterocycles. The molecular weight excluding hydrogens is 148 g/mol. The van der Waals surface area contributed by atoms with Gasteiger partial charge in [0.15, 0.2) is 0 Å². The van der Waals surface area contributed by atoms with E-state index in [1.54, 1.807) is 0 Å². The summed E-state index contributed by atoms with van der Waals surface area (Å²) in [5.41, 5.74) is 5.09. The highest BCUT2D eigenvalue weighted by molar-refractivity contribution is 6.08. The zero-order chi connectivity index (χ0) is 8.23. The van der Waals surface area contributed by atoms with Gasteiger partial charge in [0.1, 0.15) is 0 Å². The highest BCUT2D eigenvalue weighted by Gasteiger charge is 1.99. The molecule has 1 aliphatic rings. The molecule has 2 heteroatoms. The minimum atomic E-state index is 0.830. The van der Waals surface area contributed by atoms with E-state index in [1.807, 2.05) is 24.3 Å². The molecule has 0 bridgehead atoms. The zero-order valence-electron chi connectivity index (χ0n) is 6.70. The van der Waals surface area contributed by atoms with Crippen molar-refractivity contribution in [2.24, 2.45) is 5.10 Å². The van der Waals surface area contributed by atoms with Crippen LogP contribution in [-0.4, -0.2) is 12.3 Å². The molecule has 0 atom stereocenters. The molecule has 0 amide bonds. The summed E-state index contributed by atoms with van der Waals surface area (Å²) < 4.78 is 0. The molecule has 60 valence electrons. The second kappa shape index (κ2) is 3.22. The fourth-order valence-corrected chi connectivity index (χ4v) is 1.16. The van der Waals surface area contributed by atoms with Crippen molar-refractivity contribution >= 4 is 5.71 Å². The maximum absolute atomic E-state index is 4.18. The fourth-order valence-electron chi connectivity index (χ4n) is 1.16. The van der Waals surface area contributed by atoms with Crippen LogP contribution >= 0.6 is 0 Å². The first-order chi connectivity index (χ1) is 5.97. The number of hydrogen-bond acceptors (Lipinski definition) is 2. The molecule has 0 fully saturated rings. The Morgan fingerprint density at radius 2 is 2.00 bits per heavy atom. The van der Waals surface area contributed by atoms with Crippen LogP contribution in [-0.2, 0) is 0 Å². The lowest BCUT2D eigenvalue weighted by atomic mass is 10.1. The number of hydrazone groups is 1. The van der Waals surface area contributed by atoms with Crippen molar-refractivity contribution in [1.29, 1.82) is 0 Å². The van der Waals surface area contributed by atoms with Crippen LogP contribution in [0.3, 0.4) is 0 Å². The lowest BCUT2D eigenvalue weighted by Crippen LogP contribution is -2.14. The first-order valence-electron chi connectivity index (χ1n) is 3.99. The molecule has 12 heavy (non-hydrogen) atoms. The van der Waals surface area contributed by atoms with Crippen LogP contribution in [0, 0.1) is 0 Å². The monoisotopic (exact) mass is 158 g/mol. The average molecular weight is 158 g/mol. The summed E-state index contributed by atoms with van der Waals surface area (Å²) in [5.74, 6) is 0. The van der Waals surface area contributed by atoms with Crippen molar-refractivity contribution in [1.82, 2.24) is 5.43 Å². The number of nitrogens with one attached hydrogen (secondary N) is 1. The van der Waals surface area contributed by atoms with E-state index >= 15 is 0 Å². The minimum absolute atomic E-state index is 0.830. The summed E-state index contributed by atoms with van der Waals surface area (Å²) in [7, 11) is 0. The number of nitrogens with zero attached hydrogens (tertiary/aromatic N) is 1. The van der Waals surface area contributed by atoms with Gasteiger partial charge < -0.3 is 5.43 Å². The number of allylic oxidation sites excluding steroid dienone is 1. The van der Waals surface area contributed by atoms with Crippen LogP contribution in [0.5, 0.6) is 0 Å². The Morgan fingerprint density at radius 1 is 1.17 bits per heavy atom. The van der Waals surface area contributed by atoms with Gasteiger partial charge >= 0.3 is 0 Å². The molecule has 1 N–H and O–H groups in total. The largest absolute Gasteiger partial charge is 0.306 e. The van der Waals surface area contributed by atoms with Gasteiger partial charge in [0.25, 0.3) is 0 Å². The standard InChI is InChI=1S/C10H10N2/c1-2-5-9(6-3-1)10-7-4-8-11-12-10/h1-7,11H,8H2. The fraction of sp³-hybridized carbons (Fsp3) is 0.100. The van der Waals surface area contributed by atoms with E-state index in [2.05, 4.69) is 28.7 Å². The molecule has 0 unspecified atom stereocenters. The van der Waals surface area contributed by atoms with E-state index in [-0.39, 0.29) is 0 Å². The second-order valence-corrected chi connectivity index (χ2v) is 2.63. The molecule has 2 rings (SSSR count). The van der Waals surface area contributed by atoms with Crippen LogP contribution in [0.1, 0.15) is 5.56 Å². The second-order valence-electron chi connectivity index (χ2n) is 2.63. The summed E-state index contributed by atoms with van der Waals surface area (Å²) in [4.78, 5) is 0. The van der Waals surface area contributed by atoms with Crippen molar-refractivity contribution in [3.63, 3.8) is 0 Å². The molecular formula is C10H10N2. The number of hydrogen-bond donors (Lipinski definition) is 1. The van der Waals surface area contributed by atoms with Gasteiger partial charge in [-0.1, -0.05) is 36.4 Å². The highest BCUT2D eigenvalue weighted by atomic mass is 15.3. The first kappa shape index (κ1) is 7.10. The van der Waals surface area contributed by atoms with Crippen molar-refractivity contribution in [3.8, 4) is 0 Å². The van der Waals surface area contributed by atoms with Gasteiger partial charge in [-0.3, -0.25) is 0 Å². The molecule has 2 nitrogen and oxygen atoms in total. The maximum Gasteiger partial charge on any atom is 0.0899 e. The Hall–Kier alpha value is -1.57. The van der Waals surface area contributed by atoms with Gasteiger partial charge in [0.05, 0.1) is 12.3 Å². The van der Waals surface area contributed by atoms with Gasteiger partial charge in [-0.25, -0.2) is 0 Å². The number of rotatable bonds is 1. The maximum atomic E-state index is 4.18. The van der Waals surface area contributed by atoms with E-state index < -0.39 is 0 Å². The van der Waals surface area contributed by atoms with Crippen molar-refractivity contribution in [3.05, 3.63) is 48.0 Å². The van der Waals surface area contributed by atoms with E-state index in [0.717, 1.165) is 17.8 Å². The van der Waals surface area contributed by atoms with Crippen LogP contribution in [0.15, 0.2) is 47.6 Å². The molecule has 0 spiro atoms. The predicted molar refractivity (Wildman–Crippen MR) is 50.1 cm³/mol. The Kier molecular flexibility index (Phi) is 1.90. The molecule has 0 saturated carbocycles. The van der Waals surface area contributed by atoms with E-state index in [4.69, 9.17) is 0 Å². The van der Waals surface area contributed by atoms with Crippen molar-refractivity contribution < 1.29 is 0 Å². The quantitative estimate of drug-likeness (QED) is 0.658. The van der Waals surface area contributed by atoms with Crippen LogP contribution in [0.25, 0.3) is 0 Å². The van der Waals surface area contributed by atoms with Crippen LogP contribution in [0.4, 0.5) is 0 Å². The summed E-state index contributed by atoms with van der Waals surface area (Å²) >= 11 is 0. The Labute approximate surface area is 71.6 Å². The molecule has 0 aromatic heterocycles. The van der Waals surface area contributed by atoms with Crippen molar-refractivity contribution in [2.75, 3.05) is 6.54 Å². The van der Waals surface area contributed by atoms with E-state index in [1.165, 1.54) is 0 Å². The molecule has 1 aromatic rings. The van der Waals surface area contributed by atoms with E-state index in [9.17, 15) is 0 Å². The average Bonchev–Trinajstić information content (AvgIpc) is 2.21.